The van der Waals surface area contributed by atoms with Crippen LogP contribution in [0, 0.1) is 0 Å². The van der Waals surface area contributed by atoms with Crippen molar-refractivity contribution in [3.63, 3.8) is 0 Å². The van der Waals surface area contributed by atoms with Gasteiger partial charge in [-0.3, -0.25) is 0 Å². The van der Waals surface area contributed by atoms with Crippen LogP contribution in [-0.2, 0) is 6.42 Å². The fraction of sp³-hybridized carbons (Fsp3) is 0.0408. The van der Waals surface area contributed by atoms with Crippen LogP contribution in [0.4, 0.5) is 0 Å². The highest BCUT2D eigenvalue weighted by molar-refractivity contribution is 6.23. The first-order valence-corrected chi connectivity index (χ1v) is 18.3. The predicted molar refractivity (Wildman–Crippen MR) is 220 cm³/mol. The summed E-state index contributed by atoms with van der Waals surface area (Å²) in [5.41, 5.74) is 7.89. The standard InChI is InChI=1S/C49H32N4/c1-2-15-32(16-3-1)47-50-48(52-49(51-47)42-29-34-27-26-31-14-4-7-19-37(31)46(34)41-23-9-8-20-38(41)42)35-28-33-17-5-6-18-36(33)45(30-35)53-43-24-12-10-21-39(43)40-22-11-13-25-44(40)53/h1-12,14-24,26-30H,13,25H2. The number of nitrogens with zero attached hydrogens (tertiary/aromatic N) is 4. The zero-order valence-electron chi connectivity index (χ0n) is 28.9. The third-order valence-corrected chi connectivity index (χ3v) is 10.8. The summed E-state index contributed by atoms with van der Waals surface area (Å²) in [6.07, 6.45) is 6.60. The van der Waals surface area contributed by atoms with E-state index in [9.17, 15) is 0 Å². The molecule has 0 N–H and O–H groups in total. The van der Waals surface area contributed by atoms with Gasteiger partial charge in [-0.1, -0.05) is 146 Å². The summed E-state index contributed by atoms with van der Waals surface area (Å²) in [6, 6.07) is 56.2. The normalized spacial score (nSPS) is 12.7. The van der Waals surface area contributed by atoms with E-state index >= 15 is 0 Å². The second-order valence-electron chi connectivity index (χ2n) is 13.9. The predicted octanol–water partition coefficient (Wildman–Crippen LogP) is 12.4. The smallest absolute Gasteiger partial charge is 0.164 e. The van der Waals surface area contributed by atoms with Crippen LogP contribution in [0.3, 0.4) is 0 Å². The minimum atomic E-state index is 0.647. The van der Waals surface area contributed by atoms with Gasteiger partial charge in [0.25, 0.3) is 0 Å². The van der Waals surface area contributed by atoms with Crippen molar-refractivity contribution in [2.75, 3.05) is 0 Å². The Morgan fingerprint density at radius 2 is 1.09 bits per heavy atom. The fourth-order valence-electron chi connectivity index (χ4n) is 8.46. The number of fused-ring (bicyclic) bond motifs is 9. The van der Waals surface area contributed by atoms with Crippen molar-refractivity contribution in [1.29, 1.82) is 0 Å². The van der Waals surface area contributed by atoms with E-state index in [-0.39, 0.29) is 0 Å². The average molecular weight is 677 g/mol. The zero-order valence-corrected chi connectivity index (χ0v) is 28.9. The molecule has 0 amide bonds. The van der Waals surface area contributed by atoms with Crippen LogP contribution in [-0.4, -0.2) is 19.5 Å². The number of hydrogen-bond acceptors (Lipinski definition) is 3. The van der Waals surface area contributed by atoms with Crippen LogP contribution >= 0.6 is 0 Å². The molecular weight excluding hydrogens is 645 g/mol. The summed E-state index contributed by atoms with van der Waals surface area (Å²) in [4.78, 5) is 15.8. The molecule has 0 radical (unpaired) electrons. The van der Waals surface area contributed by atoms with Gasteiger partial charge in [-0.25, -0.2) is 15.0 Å². The van der Waals surface area contributed by atoms with Gasteiger partial charge in [-0.15, -0.1) is 0 Å². The first-order valence-electron chi connectivity index (χ1n) is 18.3. The van der Waals surface area contributed by atoms with Gasteiger partial charge in [0.1, 0.15) is 0 Å². The van der Waals surface area contributed by atoms with E-state index in [1.54, 1.807) is 0 Å². The Balaban J connectivity index is 1.20. The molecule has 0 aliphatic heterocycles. The second-order valence-corrected chi connectivity index (χ2v) is 13.9. The molecule has 2 heterocycles. The van der Waals surface area contributed by atoms with Crippen molar-refractivity contribution in [1.82, 2.24) is 19.5 Å². The Labute approximate surface area is 306 Å². The van der Waals surface area contributed by atoms with Crippen molar-refractivity contribution in [2.45, 2.75) is 12.8 Å². The van der Waals surface area contributed by atoms with Crippen molar-refractivity contribution in [3.8, 4) is 39.9 Å². The maximum atomic E-state index is 5.36. The number of rotatable bonds is 4. The number of aromatic nitrogens is 4. The monoisotopic (exact) mass is 676 g/mol. The van der Waals surface area contributed by atoms with Gasteiger partial charge in [-0.2, -0.15) is 0 Å². The van der Waals surface area contributed by atoms with E-state index in [0.29, 0.717) is 17.5 Å². The highest BCUT2D eigenvalue weighted by Crippen LogP contribution is 2.40. The summed E-state index contributed by atoms with van der Waals surface area (Å²) in [5.74, 6) is 1.95. The van der Waals surface area contributed by atoms with E-state index in [4.69, 9.17) is 15.0 Å². The molecule has 0 bridgehead atoms. The number of hydrogen-bond donors (Lipinski definition) is 0. The maximum absolute atomic E-state index is 5.36. The van der Waals surface area contributed by atoms with E-state index < -0.39 is 0 Å². The van der Waals surface area contributed by atoms with Gasteiger partial charge in [0, 0.05) is 38.7 Å². The number of para-hydroxylation sites is 1. The molecule has 0 spiro atoms. The minimum Gasteiger partial charge on any atom is -0.312 e. The molecule has 53 heavy (non-hydrogen) atoms. The van der Waals surface area contributed by atoms with Gasteiger partial charge >= 0.3 is 0 Å². The van der Waals surface area contributed by atoms with Crippen molar-refractivity contribution < 1.29 is 0 Å². The highest BCUT2D eigenvalue weighted by Gasteiger charge is 2.22. The van der Waals surface area contributed by atoms with Crippen LogP contribution in [0.1, 0.15) is 17.7 Å². The molecule has 1 aliphatic carbocycles. The van der Waals surface area contributed by atoms with Crippen LogP contribution in [0.15, 0.2) is 164 Å². The van der Waals surface area contributed by atoms with Crippen molar-refractivity contribution in [3.05, 3.63) is 175 Å². The summed E-state index contributed by atoms with van der Waals surface area (Å²) < 4.78 is 2.47. The Hall–Kier alpha value is -6.91. The molecule has 4 nitrogen and oxygen atoms in total. The van der Waals surface area contributed by atoms with Gasteiger partial charge < -0.3 is 4.57 Å². The Bertz CT molecular complexity index is 3120. The van der Waals surface area contributed by atoms with E-state index in [1.165, 1.54) is 49.1 Å². The van der Waals surface area contributed by atoms with Crippen molar-refractivity contribution in [2.24, 2.45) is 0 Å². The molecule has 1 aliphatic rings. The average Bonchev–Trinajstić information content (AvgIpc) is 3.57. The molecule has 248 valence electrons. The van der Waals surface area contributed by atoms with Crippen LogP contribution < -0.4 is 0 Å². The van der Waals surface area contributed by atoms with Gasteiger partial charge in [-0.05, 0) is 74.8 Å². The summed E-state index contributed by atoms with van der Waals surface area (Å²) in [6.45, 7) is 0. The number of benzene rings is 8. The SMILES string of the molecule is C1=Cc2c(n(-c3cc(-c4nc(-c5ccccc5)nc(-c5cc6ccc7ccccc7c6c6ccccc56)n4)cc4ccccc34)c3ccccc23)CC1. The van der Waals surface area contributed by atoms with Gasteiger partial charge in [0.2, 0.25) is 0 Å². The summed E-state index contributed by atoms with van der Waals surface area (Å²) >= 11 is 0. The van der Waals surface area contributed by atoms with E-state index in [2.05, 4.69) is 156 Å². The molecular formula is C49H32N4. The Morgan fingerprint density at radius 3 is 1.94 bits per heavy atom. The van der Waals surface area contributed by atoms with Gasteiger partial charge in [0.15, 0.2) is 17.5 Å². The number of allylic oxidation sites excluding steroid dienone is 1. The molecule has 8 aromatic carbocycles. The molecule has 4 heteroatoms. The van der Waals surface area contributed by atoms with Crippen molar-refractivity contribution >= 4 is 60.1 Å². The molecule has 10 aromatic rings. The fourth-order valence-corrected chi connectivity index (χ4v) is 8.46. The van der Waals surface area contributed by atoms with Crippen LogP contribution in [0.2, 0.25) is 0 Å². The molecule has 0 saturated heterocycles. The molecule has 11 rings (SSSR count). The third-order valence-electron chi connectivity index (χ3n) is 10.8. The van der Waals surface area contributed by atoms with Gasteiger partial charge in [0.05, 0.1) is 11.2 Å². The lowest BCUT2D eigenvalue weighted by molar-refractivity contribution is 0.891. The lowest BCUT2D eigenvalue weighted by Crippen LogP contribution is -2.05. The molecule has 0 unspecified atom stereocenters. The quantitative estimate of drug-likeness (QED) is 0.174. The maximum Gasteiger partial charge on any atom is 0.164 e. The molecule has 0 saturated carbocycles. The zero-order chi connectivity index (χ0) is 34.9. The first kappa shape index (κ1) is 29.8. The second kappa shape index (κ2) is 11.8. The molecule has 0 fully saturated rings. The van der Waals surface area contributed by atoms with E-state index in [0.717, 1.165) is 51.4 Å². The Morgan fingerprint density at radius 1 is 0.453 bits per heavy atom. The largest absolute Gasteiger partial charge is 0.312 e. The Kier molecular flexibility index (Phi) is 6.65. The topological polar surface area (TPSA) is 43.6 Å². The third kappa shape index (κ3) is 4.73. The summed E-state index contributed by atoms with van der Waals surface area (Å²) in [7, 11) is 0. The molecule has 0 atom stereocenters. The highest BCUT2D eigenvalue weighted by atomic mass is 15.0. The summed E-state index contributed by atoms with van der Waals surface area (Å²) in [5, 5.41) is 10.8. The van der Waals surface area contributed by atoms with Crippen LogP contribution in [0.25, 0.3) is 99.9 Å². The minimum absolute atomic E-state index is 0.647. The van der Waals surface area contributed by atoms with E-state index in [1.807, 2.05) is 18.2 Å². The van der Waals surface area contributed by atoms with Crippen LogP contribution in [0.5, 0.6) is 0 Å². The molecule has 2 aromatic heterocycles. The lowest BCUT2D eigenvalue weighted by atomic mass is 9.93. The lowest BCUT2D eigenvalue weighted by Gasteiger charge is -2.17. The first-order chi connectivity index (χ1) is 26.3.